The number of carbonyl (C=O) groups is 1. The van der Waals surface area contributed by atoms with Crippen molar-refractivity contribution in [3.63, 3.8) is 0 Å². The van der Waals surface area contributed by atoms with E-state index >= 15 is 0 Å². The van der Waals surface area contributed by atoms with Gasteiger partial charge < -0.3 is 4.90 Å². The van der Waals surface area contributed by atoms with Gasteiger partial charge in [0.05, 0.1) is 10.6 Å². The first-order valence-electron chi connectivity index (χ1n) is 7.61. The Morgan fingerprint density at radius 1 is 1.29 bits per heavy atom. The maximum Gasteiger partial charge on any atom is 0.186 e. The minimum atomic E-state index is 0.587. The summed E-state index contributed by atoms with van der Waals surface area (Å²) >= 11 is 1.52. The van der Waals surface area contributed by atoms with E-state index in [0.717, 1.165) is 34.1 Å². The summed E-state index contributed by atoms with van der Waals surface area (Å²) in [6.07, 6.45) is 6.03. The minimum Gasteiger partial charge on any atom is -0.345 e. The highest BCUT2D eigenvalue weighted by atomic mass is 32.1. The Bertz CT molecular complexity index is 603. The summed E-state index contributed by atoms with van der Waals surface area (Å²) in [5.41, 5.74) is 1.84. The number of nitrogens with zero attached hydrogens (tertiary/aromatic N) is 2. The number of carbonyl (C=O) groups excluding carboxylic acids is 1. The van der Waals surface area contributed by atoms with Crippen LogP contribution in [0.25, 0.3) is 11.3 Å². The fourth-order valence-electron chi connectivity index (χ4n) is 3.09. The van der Waals surface area contributed by atoms with Crippen molar-refractivity contribution in [3.05, 3.63) is 35.2 Å². The zero-order valence-corrected chi connectivity index (χ0v) is 13.1. The predicted octanol–water partition coefficient (Wildman–Crippen LogP) is 4.39. The van der Waals surface area contributed by atoms with Gasteiger partial charge in [0.2, 0.25) is 0 Å². The molecule has 2 aromatic rings. The van der Waals surface area contributed by atoms with E-state index in [0.29, 0.717) is 6.04 Å². The van der Waals surface area contributed by atoms with E-state index in [2.05, 4.69) is 11.8 Å². The summed E-state index contributed by atoms with van der Waals surface area (Å²) < 4.78 is 0. The van der Waals surface area contributed by atoms with Gasteiger partial charge in [0.1, 0.15) is 0 Å². The van der Waals surface area contributed by atoms with E-state index < -0.39 is 0 Å². The molecule has 110 valence electrons. The highest BCUT2D eigenvalue weighted by Crippen LogP contribution is 2.35. The number of hydrogen-bond acceptors (Lipinski definition) is 4. The van der Waals surface area contributed by atoms with Crippen molar-refractivity contribution >= 4 is 22.8 Å². The Labute approximate surface area is 129 Å². The van der Waals surface area contributed by atoms with Crippen LogP contribution in [0, 0.1) is 0 Å². The number of rotatable bonds is 5. The molecule has 1 aromatic heterocycles. The molecule has 0 atom stereocenters. The minimum absolute atomic E-state index is 0.587. The highest BCUT2D eigenvalue weighted by Gasteiger charge is 2.25. The van der Waals surface area contributed by atoms with E-state index in [9.17, 15) is 4.79 Å². The standard InChI is InChI=1S/C17H20N2OS/c1-2-19(14-10-6-7-11-14)17-18-16(15(12-20)21-17)13-8-4-3-5-9-13/h3-5,8-9,12,14H,2,6-7,10-11H2,1H3. The summed E-state index contributed by atoms with van der Waals surface area (Å²) in [6.45, 7) is 3.12. The smallest absolute Gasteiger partial charge is 0.186 e. The second-order valence-corrected chi connectivity index (χ2v) is 6.43. The lowest BCUT2D eigenvalue weighted by Gasteiger charge is -2.26. The second-order valence-electron chi connectivity index (χ2n) is 5.42. The third-order valence-electron chi connectivity index (χ3n) is 4.15. The van der Waals surface area contributed by atoms with Crippen LogP contribution < -0.4 is 4.90 Å². The lowest BCUT2D eigenvalue weighted by atomic mass is 10.1. The fraction of sp³-hybridized carbons (Fsp3) is 0.412. The Morgan fingerprint density at radius 3 is 2.62 bits per heavy atom. The average molecular weight is 300 g/mol. The number of anilines is 1. The van der Waals surface area contributed by atoms with Gasteiger partial charge in [-0.2, -0.15) is 0 Å². The molecule has 0 amide bonds. The van der Waals surface area contributed by atoms with Gasteiger partial charge in [-0.1, -0.05) is 54.5 Å². The molecule has 0 N–H and O–H groups in total. The molecule has 21 heavy (non-hydrogen) atoms. The molecule has 1 aliphatic carbocycles. The zero-order valence-electron chi connectivity index (χ0n) is 12.3. The molecule has 1 heterocycles. The third kappa shape index (κ3) is 2.86. The molecule has 0 aliphatic heterocycles. The first-order valence-corrected chi connectivity index (χ1v) is 8.43. The molecular weight excluding hydrogens is 280 g/mol. The molecule has 0 spiro atoms. The second kappa shape index (κ2) is 6.39. The van der Waals surface area contributed by atoms with Crippen molar-refractivity contribution in [2.45, 2.75) is 38.6 Å². The van der Waals surface area contributed by atoms with Crippen LogP contribution in [-0.4, -0.2) is 23.9 Å². The normalized spacial score (nSPS) is 15.3. The molecule has 0 radical (unpaired) electrons. The van der Waals surface area contributed by atoms with E-state index in [1.54, 1.807) is 0 Å². The van der Waals surface area contributed by atoms with Gasteiger partial charge in [0.15, 0.2) is 11.4 Å². The van der Waals surface area contributed by atoms with Gasteiger partial charge in [-0.15, -0.1) is 0 Å². The largest absolute Gasteiger partial charge is 0.345 e. The van der Waals surface area contributed by atoms with Crippen LogP contribution in [0.4, 0.5) is 5.13 Å². The number of thiazole rings is 1. The van der Waals surface area contributed by atoms with E-state index in [1.165, 1.54) is 37.0 Å². The molecule has 1 fully saturated rings. The zero-order chi connectivity index (χ0) is 14.7. The molecule has 3 rings (SSSR count). The molecule has 1 aliphatic rings. The maximum atomic E-state index is 11.4. The quantitative estimate of drug-likeness (QED) is 0.768. The monoisotopic (exact) mass is 300 g/mol. The number of aldehydes is 1. The Kier molecular flexibility index (Phi) is 4.34. The lowest BCUT2D eigenvalue weighted by Crippen LogP contribution is -2.32. The number of aromatic nitrogens is 1. The first-order chi connectivity index (χ1) is 10.3. The van der Waals surface area contributed by atoms with Crippen LogP contribution >= 0.6 is 11.3 Å². The van der Waals surface area contributed by atoms with Crippen molar-refractivity contribution in [1.82, 2.24) is 4.98 Å². The molecule has 0 saturated heterocycles. The molecule has 3 nitrogen and oxygen atoms in total. The van der Waals surface area contributed by atoms with Crippen molar-refractivity contribution in [2.24, 2.45) is 0 Å². The topological polar surface area (TPSA) is 33.2 Å². The van der Waals surface area contributed by atoms with Gasteiger partial charge in [0.25, 0.3) is 0 Å². The summed E-state index contributed by atoms with van der Waals surface area (Å²) in [7, 11) is 0. The average Bonchev–Trinajstić information content (AvgIpc) is 3.19. The number of hydrogen-bond donors (Lipinski definition) is 0. The van der Waals surface area contributed by atoms with Gasteiger partial charge in [0, 0.05) is 18.2 Å². The summed E-state index contributed by atoms with van der Waals surface area (Å²) in [5, 5.41) is 0.991. The Hall–Kier alpha value is -1.68. The summed E-state index contributed by atoms with van der Waals surface area (Å²) in [5.74, 6) is 0. The van der Waals surface area contributed by atoms with Gasteiger partial charge in [-0.05, 0) is 19.8 Å². The fourth-order valence-corrected chi connectivity index (χ4v) is 4.13. The lowest BCUT2D eigenvalue weighted by molar-refractivity contribution is 0.112. The molecule has 0 bridgehead atoms. The Balaban J connectivity index is 1.96. The Morgan fingerprint density at radius 2 is 2.00 bits per heavy atom. The van der Waals surface area contributed by atoms with E-state index in [1.807, 2.05) is 30.3 Å². The van der Waals surface area contributed by atoms with E-state index in [4.69, 9.17) is 4.98 Å². The van der Waals surface area contributed by atoms with Gasteiger partial charge >= 0.3 is 0 Å². The molecule has 4 heteroatoms. The molecular formula is C17H20N2OS. The summed E-state index contributed by atoms with van der Waals surface area (Å²) in [6, 6.07) is 10.6. The van der Waals surface area contributed by atoms with Crippen LogP contribution in [0.5, 0.6) is 0 Å². The van der Waals surface area contributed by atoms with Crippen LogP contribution in [0.2, 0.25) is 0 Å². The summed E-state index contributed by atoms with van der Waals surface area (Å²) in [4.78, 5) is 19.3. The number of benzene rings is 1. The third-order valence-corrected chi connectivity index (χ3v) is 5.17. The SMILES string of the molecule is CCN(c1nc(-c2ccccc2)c(C=O)s1)C1CCCC1. The van der Waals surface area contributed by atoms with Crippen molar-refractivity contribution < 1.29 is 4.79 Å². The van der Waals surface area contributed by atoms with Crippen molar-refractivity contribution in [1.29, 1.82) is 0 Å². The van der Waals surface area contributed by atoms with Crippen molar-refractivity contribution in [3.8, 4) is 11.3 Å². The van der Waals surface area contributed by atoms with Crippen LogP contribution in [0.15, 0.2) is 30.3 Å². The predicted molar refractivity (Wildman–Crippen MR) is 88.2 cm³/mol. The van der Waals surface area contributed by atoms with Crippen LogP contribution in [0.1, 0.15) is 42.3 Å². The van der Waals surface area contributed by atoms with Crippen LogP contribution in [-0.2, 0) is 0 Å². The van der Waals surface area contributed by atoms with E-state index in [-0.39, 0.29) is 0 Å². The first kappa shape index (κ1) is 14.3. The maximum absolute atomic E-state index is 11.4. The van der Waals surface area contributed by atoms with Crippen LogP contribution in [0.3, 0.4) is 0 Å². The molecule has 1 saturated carbocycles. The molecule has 1 aromatic carbocycles. The molecule has 0 unspecified atom stereocenters. The highest BCUT2D eigenvalue weighted by molar-refractivity contribution is 7.17. The van der Waals surface area contributed by atoms with Gasteiger partial charge in [-0.25, -0.2) is 4.98 Å². The van der Waals surface area contributed by atoms with Gasteiger partial charge in [-0.3, -0.25) is 4.79 Å². The van der Waals surface area contributed by atoms with Crippen molar-refractivity contribution in [2.75, 3.05) is 11.4 Å².